The normalized spacial score (nSPS) is 12.7. The number of nitrogen functional groups attached to an aromatic ring is 1. The highest BCUT2D eigenvalue weighted by atomic mass is 16.5. The van der Waals surface area contributed by atoms with Crippen molar-refractivity contribution in [1.29, 1.82) is 0 Å². The minimum Gasteiger partial charge on any atom is -0.485 e. The molecule has 1 aliphatic heterocycles. The highest BCUT2D eigenvalue weighted by Crippen LogP contribution is 2.25. The Morgan fingerprint density at radius 2 is 1.94 bits per heavy atom. The van der Waals surface area contributed by atoms with Crippen molar-refractivity contribution < 1.29 is 13.9 Å². The van der Waals surface area contributed by atoms with Gasteiger partial charge in [-0.3, -0.25) is 0 Å². The summed E-state index contributed by atoms with van der Waals surface area (Å²) in [4.78, 5) is 24.3. The Morgan fingerprint density at radius 1 is 1.06 bits per heavy atom. The molecular formula is C22H19N5O4. The molecule has 0 atom stereocenters. The van der Waals surface area contributed by atoms with Gasteiger partial charge in [0.2, 0.25) is 11.9 Å². The Kier molecular flexibility index (Phi) is 4.72. The van der Waals surface area contributed by atoms with E-state index in [4.69, 9.17) is 19.6 Å². The molecule has 156 valence electrons. The van der Waals surface area contributed by atoms with Crippen molar-refractivity contribution in [3.63, 3.8) is 0 Å². The Labute approximate surface area is 176 Å². The minimum atomic E-state index is -0.402. The smallest absolute Gasteiger partial charge is 0.336 e. The van der Waals surface area contributed by atoms with Crippen LogP contribution in [-0.4, -0.2) is 15.0 Å². The molecule has 31 heavy (non-hydrogen) atoms. The first kappa shape index (κ1) is 19.0. The number of hydrogen-bond acceptors (Lipinski definition) is 9. The lowest BCUT2D eigenvalue weighted by Crippen LogP contribution is -2.09. The maximum absolute atomic E-state index is 11.6. The molecule has 1 aliphatic rings. The highest BCUT2D eigenvalue weighted by molar-refractivity contribution is 5.81. The molecule has 0 spiro atoms. The van der Waals surface area contributed by atoms with Crippen molar-refractivity contribution in [3.8, 4) is 5.75 Å². The van der Waals surface area contributed by atoms with Crippen LogP contribution < -0.4 is 21.4 Å². The maximum Gasteiger partial charge on any atom is 0.336 e. The number of hydrogen-bond donors (Lipinski definition) is 2. The van der Waals surface area contributed by atoms with Gasteiger partial charge in [-0.1, -0.05) is 6.07 Å². The van der Waals surface area contributed by atoms with E-state index < -0.39 is 5.63 Å². The summed E-state index contributed by atoms with van der Waals surface area (Å²) in [5, 5.41) is 4.00. The molecule has 4 aromatic rings. The summed E-state index contributed by atoms with van der Waals surface area (Å²) in [5.74, 6) is 1.30. The number of nitrogens with two attached hydrogens (primary N) is 1. The predicted octanol–water partition coefficient (Wildman–Crippen LogP) is 3.22. The molecule has 0 unspecified atom stereocenters. The van der Waals surface area contributed by atoms with Crippen molar-refractivity contribution in [2.45, 2.75) is 26.7 Å². The van der Waals surface area contributed by atoms with Crippen LogP contribution in [0.4, 0.5) is 17.6 Å². The fourth-order valence-electron chi connectivity index (χ4n) is 3.48. The summed E-state index contributed by atoms with van der Waals surface area (Å²) in [6.07, 6.45) is 0. The van der Waals surface area contributed by atoms with E-state index in [2.05, 4.69) is 20.3 Å². The number of anilines is 3. The molecule has 9 nitrogen and oxygen atoms in total. The minimum absolute atomic E-state index is 0.0704. The summed E-state index contributed by atoms with van der Waals surface area (Å²) in [6.45, 7) is 3.15. The van der Waals surface area contributed by atoms with Gasteiger partial charge in [-0.05, 0) is 47.9 Å². The summed E-state index contributed by atoms with van der Waals surface area (Å²) in [6, 6.07) is 12.7. The van der Waals surface area contributed by atoms with Gasteiger partial charge in [0.25, 0.3) is 0 Å². The number of nitrogens with one attached hydrogen (secondary N) is 1. The average Bonchev–Trinajstić information content (AvgIpc) is 3.19. The van der Waals surface area contributed by atoms with Gasteiger partial charge in [0.05, 0.1) is 13.2 Å². The van der Waals surface area contributed by atoms with Crippen molar-refractivity contribution in [3.05, 3.63) is 75.4 Å². The number of ether oxygens (including phenoxy) is 2. The average molecular weight is 417 g/mol. The van der Waals surface area contributed by atoms with E-state index in [1.807, 2.05) is 31.2 Å². The molecule has 9 heteroatoms. The summed E-state index contributed by atoms with van der Waals surface area (Å²) >= 11 is 0. The van der Waals surface area contributed by atoms with Crippen LogP contribution in [0.5, 0.6) is 5.75 Å². The Hall–Kier alpha value is -3.98. The second-order valence-electron chi connectivity index (χ2n) is 7.23. The van der Waals surface area contributed by atoms with E-state index in [0.717, 1.165) is 22.2 Å². The molecule has 3 heterocycles. The van der Waals surface area contributed by atoms with E-state index in [1.54, 1.807) is 12.1 Å². The lowest BCUT2D eigenvalue weighted by Gasteiger charge is -2.10. The van der Waals surface area contributed by atoms with Gasteiger partial charge in [-0.15, -0.1) is 0 Å². The fraction of sp³-hybridized carbons (Fsp3) is 0.182. The summed E-state index contributed by atoms with van der Waals surface area (Å²) in [5.41, 5.74) is 9.90. The third-order valence-electron chi connectivity index (χ3n) is 4.97. The quantitative estimate of drug-likeness (QED) is 0.471. The lowest BCUT2D eigenvalue weighted by molar-refractivity contribution is 0.134. The topological polar surface area (TPSA) is 125 Å². The number of nitrogens with zero attached hydrogens (tertiary/aromatic N) is 3. The molecule has 2 aromatic heterocycles. The van der Waals surface area contributed by atoms with Gasteiger partial charge in [0.15, 0.2) is 5.82 Å². The molecule has 0 amide bonds. The number of aryl methyl sites for hydroxylation is 1. The largest absolute Gasteiger partial charge is 0.485 e. The Balaban J connectivity index is 1.33. The third kappa shape index (κ3) is 4.03. The molecule has 3 N–H and O–H groups in total. The van der Waals surface area contributed by atoms with E-state index >= 15 is 0 Å². The second-order valence-corrected chi connectivity index (χ2v) is 7.23. The van der Waals surface area contributed by atoms with E-state index in [9.17, 15) is 4.79 Å². The molecule has 0 saturated carbocycles. The van der Waals surface area contributed by atoms with Gasteiger partial charge in [-0.2, -0.15) is 15.0 Å². The van der Waals surface area contributed by atoms with Crippen LogP contribution in [-0.2, 0) is 24.6 Å². The number of fused-ring (bicyclic) bond motifs is 2. The first-order valence-electron chi connectivity index (χ1n) is 9.68. The van der Waals surface area contributed by atoms with Gasteiger partial charge < -0.3 is 24.9 Å². The molecule has 0 bridgehead atoms. The van der Waals surface area contributed by atoms with E-state index in [1.165, 1.54) is 11.6 Å². The van der Waals surface area contributed by atoms with Crippen LogP contribution in [0.15, 0.2) is 51.7 Å². The summed E-state index contributed by atoms with van der Waals surface area (Å²) in [7, 11) is 0. The van der Waals surface area contributed by atoms with Crippen molar-refractivity contribution in [2.24, 2.45) is 0 Å². The van der Waals surface area contributed by atoms with Crippen LogP contribution in [0.3, 0.4) is 0 Å². The molecule has 0 radical (unpaired) electrons. The SMILES string of the molecule is Cc1cc(=O)oc2cc(OCc3nc(N)nc(Nc4ccc5c(c4)COC5)n3)ccc12. The zero-order valence-electron chi connectivity index (χ0n) is 16.7. The standard InChI is InChI=1S/C22H19N5O4/c1-12-6-20(28)31-18-8-16(4-5-17(12)18)30-11-19-25-21(23)27-22(26-19)24-15-3-2-13-9-29-10-14(13)7-15/h2-8H,9-11H2,1H3,(H3,23,24,25,26,27). The molecule has 5 rings (SSSR count). The maximum atomic E-state index is 11.6. The van der Waals surface area contributed by atoms with Crippen LogP contribution in [0, 0.1) is 6.92 Å². The van der Waals surface area contributed by atoms with Crippen LogP contribution in [0.25, 0.3) is 11.0 Å². The van der Waals surface area contributed by atoms with Gasteiger partial charge >= 0.3 is 5.63 Å². The lowest BCUT2D eigenvalue weighted by atomic mass is 10.1. The monoisotopic (exact) mass is 417 g/mol. The Morgan fingerprint density at radius 3 is 2.84 bits per heavy atom. The molecule has 0 fully saturated rings. The van der Waals surface area contributed by atoms with Crippen LogP contribution >= 0.6 is 0 Å². The predicted molar refractivity (Wildman–Crippen MR) is 114 cm³/mol. The first-order valence-corrected chi connectivity index (χ1v) is 9.68. The Bertz CT molecular complexity index is 1350. The number of benzene rings is 2. The molecule has 0 saturated heterocycles. The fourth-order valence-corrected chi connectivity index (χ4v) is 3.48. The second kappa shape index (κ2) is 7.69. The van der Waals surface area contributed by atoms with Crippen molar-refractivity contribution >= 4 is 28.6 Å². The van der Waals surface area contributed by atoms with Crippen molar-refractivity contribution in [1.82, 2.24) is 15.0 Å². The van der Waals surface area contributed by atoms with E-state index in [-0.39, 0.29) is 12.6 Å². The van der Waals surface area contributed by atoms with Crippen LogP contribution in [0.2, 0.25) is 0 Å². The third-order valence-corrected chi connectivity index (χ3v) is 4.97. The highest BCUT2D eigenvalue weighted by Gasteiger charge is 2.13. The zero-order chi connectivity index (χ0) is 21.4. The number of rotatable bonds is 5. The van der Waals surface area contributed by atoms with Crippen LogP contribution in [0.1, 0.15) is 22.5 Å². The van der Waals surface area contributed by atoms with Crippen molar-refractivity contribution in [2.75, 3.05) is 11.1 Å². The zero-order valence-corrected chi connectivity index (χ0v) is 16.7. The molecular weight excluding hydrogens is 398 g/mol. The van der Waals surface area contributed by atoms with Gasteiger partial charge in [0.1, 0.15) is 17.9 Å². The molecule has 0 aliphatic carbocycles. The van der Waals surface area contributed by atoms with Gasteiger partial charge in [0, 0.05) is 23.2 Å². The summed E-state index contributed by atoms with van der Waals surface area (Å²) < 4.78 is 16.5. The molecule has 2 aromatic carbocycles. The van der Waals surface area contributed by atoms with Gasteiger partial charge in [-0.25, -0.2) is 4.79 Å². The number of aromatic nitrogens is 3. The first-order chi connectivity index (χ1) is 15.0. The van der Waals surface area contributed by atoms with E-state index in [0.29, 0.717) is 36.3 Å².